The number of thioether (sulfide) groups is 1. The highest BCUT2D eigenvalue weighted by Crippen LogP contribution is 2.17. The molecule has 3 nitrogen and oxygen atoms in total. The highest BCUT2D eigenvalue weighted by atomic mass is 32.2. The van der Waals surface area contributed by atoms with E-state index in [2.05, 4.69) is 25.1 Å². The van der Waals surface area contributed by atoms with E-state index < -0.39 is 0 Å². The summed E-state index contributed by atoms with van der Waals surface area (Å²) in [6.45, 7) is 3.76. The Morgan fingerprint density at radius 3 is 2.75 bits per heavy atom. The van der Waals surface area contributed by atoms with Crippen molar-refractivity contribution in [3.8, 4) is 5.75 Å². The number of benzene rings is 1. The average Bonchev–Trinajstić information content (AvgIpc) is 2.44. The van der Waals surface area contributed by atoms with Gasteiger partial charge in [0, 0.05) is 18.3 Å². The Morgan fingerprint density at radius 1 is 1.45 bits per heavy atom. The summed E-state index contributed by atoms with van der Waals surface area (Å²) in [7, 11) is 2.15. The van der Waals surface area contributed by atoms with Crippen molar-refractivity contribution in [1.29, 1.82) is 0 Å². The van der Waals surface area contributed by atoms with Gasteiger partial charge in [-0.3, -0.25) is 4.90 Å². The van der Waals surface area contributed by atoms with E-state index in [0.717, 1.165) is 30.0 Å². The summed E-state index contributed by atoms with van der Waals surface area (Å²) in [6.07, 6.45) is 3.30. The van der Waals surface area contributed by atoms with Crippen molar-refractivity contribution in [2.45, 2.75) is 19.4 Å². The van der Waals surface area contributed by atoms with E-state index in [1.165, 1.54) is 0 Å². The lowest BCUT2D eigenvalue weighted by Gasteiger charge is -2.26. The van der Waals surface area contributed by atoms with Gasteiger partial charge in [0.25, 0.3) is 0 Å². The van der Waals surface area contributed by atoms with E-state index in [4.69, 9.17) is 22.7 Å². The van der Waals surface area contributed by atoms with Gasteiger partial charge in [-0.15, -0.1) is 0 Å². The Kier molecular flexibility index (Phi) is 7.95. The van der Waals surface area contributed by atoms with Crippen LogP contribution < -0.4 is 10.5 Å². The second kappa shape index (κ2) is 9.21. The molecular formula is C15H24N2OS2. The molecule has 0 fully saturated rings. The molecule has 0 saturated carbocycles. The normalized spacial score (nSPS) is 12.4. The van der Waals surface area contributed by atoms with E-state index in [1.807, 2.05) is 36.0 Å². The molecular weight excluding hydrogens is 288 g/mol. The summed E-state index contributed by atoms with van der Waals surface area (Å²) in [5.41, 5.74) is 6.50. The number of hydrogen-bond acceptors (Lipinski definition) is 4. The van der Waals surface area contributed by atoms with Crippen LogP contribution in [0.2, 0.25) is 0 Å². The van der Waals surface area contributed by atoms with Crippen LogP contribution in [-0.2, 0) is 0 Å². The predicted octanol–water partition coefficient (Wildman–Crippen LogP) is 2.77. The van der Waals surface area contributed by atoms with E-state index in [0.29, 0.717) is 17.6 Å². The highest BCUT2D eigenvalue weighted by molar-refractivity contribution is 7.98. The molecule has 20 heavy (non-hydrogen) atoms. The third-order valence-corrected chi connectivity index (χ3v) is 4.25. The Morgan fingerprint density at radius 2 is 2.15 bits per heavy atom. The maximum atomic E-state index is 5.83. The predicted molar refractivity (Wildman–Crippen MR) is 92.9 cm³/mol. The van der Waals surface area contributed by atoms with Crippen LogP contribution in [0.5, 0.6) is 5.75 Å². The molecule has 1 unspecified atom stereocenters. The number of hydrogen-bond donors (Lipinski definition) is 1. The van der Waals surface area contributed by atoms with Crippen molar-refractivity contribution < 1.29 is 4.74 Å². The molecule has 5 heteroatoms. The number of para-hydroxylation sites is 1. The van der Waals surface area contributed by atoms with Crippen molar-refractivity contribution in [1.82, 2.24) is 4.90 Å². The first kappa shape index (κ1) is 17.3. The average molecular weight is 313 g/mol. The molecule has 1 rings (SSSR count). The lowest BCUT2D eigenvalue weighted by atomic mass is 10.2. The highest BCUT2D eigenvalue weighted by Gasteiger charge is 2.12. The van der Waals surface area contributed by atoms with Crippen molar-refractivity contribution in [2.75, 3.05) is 32.2 Å². The van der Waals surface area contributed by atoms with Gasteiger partial charge in [0.05, 0.1) is 5.56 Å². The van der Waals surface area contributed by atoms with Gasteiger partial charge in [-0.25, -0.2) is 0 Å². The van der Waals surface area contributed by atoms with Crippen LogP contribution in [0.15, 0.2) is 24.3 Å². The standard InChI is InChI=1S/C15H24N2OS2/c1-4-12(11-20-3)17(2)9-10-18-14-8-6-5-7-13(14)15(16)19/h5-8,12H,4,9-11H2,1-3H3,(H2,16,19). The summed E-state index contributed by atoms with van der Waals surface area (Å²) < 4.78 is 5.83. The molecule has 0 spiro atoms. The lowest BCUT2D eigenvalue weighted by Crippen LogP contribution is -2.36. The fourth-order valence-corrected chi connectivity index (χ4v) is 3.07. The third-order valence-electron chi connectivity index (χ3n) is 3.31. The van der Waals surface area contributed by atoms with Crippen LogP contribution >= 0.6 is 24.0 Å². The fraction of sp³-hybridized carbons (Fsp3) is 0.533. The first-order valence-electron chi connectivity index (χ1n) is 6.81. The molecule has 0 heterocycles. The number of nitrogens with zero attached hydrogens (tertiary/aromatic N) is 1. The minimum Gasteiger partial charge on any atom is -0.492 e. The van der Waals surface area contributed by atoms with Crippen LogP contribution in [-0.4, -0.2) is 48.1 Å². The van der Waals surface area contributed by atoms with Crippen molar-refractivity contribution in [3.05, 3.63) is 29.8 Å². The quantitative estimate of drug-likeness (QED) is 0.710. The van der Waals surface area contributed by atoms with Gasteiger partial charge in [0.15, 0.2) is 0 Å². The molecule has 1 aromatic carbocycles. The third kappa shape index (κ3) is 5.31. The Bertz CT molecular complexity index is 426. The zero-order valence-electron chi connectivity index (χ0n) is 12.5. The summed E-state index contributed by atoms with van der Waals surface area (Å²) >= 11 is 6.91. The molecule has 0 aliphatic heterocycles. The monoisotopic (exact) mass is 312 g/mol. The molecule has 1 aromatic rings. The van der Waals surface area contributed by atoms with Crippen LogP contribution in [0.1, 0.15) is 18.9 Å². The first-order chi connectivity index (χ1) is 9.60. The fourth-order valence-electron chi connectivity index (χ4n) is 2.03. The van der Waals surface area contributed by atoms with Gasteiger partial charge >= 0.3 is 0 Å². The van der Waals surface area contributed by atoms with Gasteiger partial charge in [0.2, 0.25) is 0 Å². The molecule has 1 atom stereocenters. The van der Waals surface area contributed by atoms with E-state index in [1.54, 1.807) is 0 Å². The molecule has 0 bridgehead atoms. The maximum Gasteiger partial charge on any atom is 0.129 e. The van der Waals surface area contributed by atoms with Gasteiger partial charge in [-0.05, 0) is 31.9 Å². The zero-order valence-corrected chi connectivity index (χ0v) is 14.1. The molecule has 0 aliphatic carbocycles. The molecule has 0 aliphatic rings. The largest absolute Gasteiger partial charge is 0.492 e. The first-order valence-corrected chi connectivity index (χ1v) is 8.61. The number of likely N-dealkylation sites (N-methyl/N-ethyl adjacent to an activating group) is 1. The number of ether oxygens (including phenoxy) is 1. The minimum absolute atomic E-state index is 0.378. The summed E-state index contributed by atoms with van der Waals surface area (Å²) in [5, 5.41) is 0. The van der Waals surface area contributed by atoms with Crippen LogP contribution in [0.3, 0.4) is 0 Å². The second-order valence-electron chi connectivity index (χ2n) is 4.71. The zero-order chi connectivity index (χ0) is 15.0. The van der Waals surface area contributed by atoms with Crippen LogP contribution in [0.25, 0.3) is 0 Å². The summed E-state index contributed by atoms with van der Waals surface area (Å²) in [4.78, 5) is 2.72. The topological polar surface area (TPSA) is 38.5 Å². The smallest absolute Gasteiger partial charge is 0.129 e. The Labute approximate surface area is 131 Å². The van der Waals surface area contributed by atoms with Crippen LogP contribution in [0, 0.1) is 0 Å². The maximum absolute atomic E-state index is 5.83. The van der Waals surface area contributed by atoms with Gasteiger partial charge in [-0.1, -0.05) is 31.3 Å². The van der Waals surface area contributed by atoms with Crippen LogP contribution in [0.4, 0.5) is 0 Å². The van der Waals surface area contributed by atoms with E-state index >= 15 is 0 Å². The van der Waals surface area contributed by atoms with E-state index in [-0.39, 0.29) is 0 Å². The Balaban J connectivity index is 2.50. The Hall–Kier alpha value is -0.780. The lowest BCUT2D eigenvalue weighted by molar-refractivity contribution is 0.199. The molecule has 0 saturated heterocycles. The summed E-state index contributed by atoms with van der Waals surface area (Å²) in [5.74, 6) is 1.92. The van der Waals surface area contributed by atoms with Gasteiger partial charge in [0.1, 0.15) is 17.3 Å². The molecule has 0 aromatic heterocycles. The van der Waals surface area contributed by atoms with E-state index in [9.17, 15) is 0 Å². The SMILES string of the molecule is CCC(CSC)N(C)CCOc1ccccc1C(N)=S. The number of nitrogens with two attached hydrogens (primary N) is 1. The minimum atomic E-state index is 0.378. The van der Waals surface area contributed by atoms with Crippen molar-refractivity contribution >= 4 is 29.0 Å². The molecule has 0 radical (unpaired) electrons. The summed E-state index contributed by atoms with van der Waals surface area (Å²) in [6, 6.07) is 8.25. The molecule has 112 valence electrons. The molecule has 2 N–H and O–H groups in total. The number of thiocarbonyl (C=S) groups is 1. The van der Waals surface area contributed by atoms with Crippen molar-refractivity contribution in [3.63, 3.8) is 0 Å². The van der Waals surface area contributed by atoms with Gasteiger partial charge < -0.3 is 10.5 Å². The number of rotatable bonds is 9. The van der Waals surface area contributed by atoms with Gasteiger partial charge in [-0.2, -0.15) is 11.8 Å². The molecule has 0 amide bonds. The second-order valence-corrected chi connectivity index (χ2v) is 6.06. The van der Waals surface area contributed by atoms with Crippen molar-refractivity contribution in [2.24, 2.45) is 5.73 Å².